The monoisotopic (exact) mass is 291 g/mol. The molecular weight excluding hydrogens is 277 g/mol. The highest BCUT2D eigenvalue weighted by Gasteiger charge is 2.19. The second-order valence-electron chi connectivity index (χ2n) is 4.72. The van der Waals surface area contributed by atoms with E-state index in [2.05, 4.69) is 15.3 Å². The van der Waals surface area contributed by atoms with E-state index in [1.54, 1.807) is 0 Å². The molecule has 1 aliphatic carbocycles. The van der Waals surface area contributed by atoms with Gasteiger partial charge in [-0.3, -0.25) is 0 Å². The Morgan fingerprint density at radius 2 is 2.35 bits per heavy atom. The molecule has 2 atom stereocenters. The molecule has 2 aromatic heterocycles. The van der Waals surface area contributed by atoms with Crippen LogP contribution < -0.4 is 5.32 Å². The summed E-state index contributed by atoms with van der Waals surface area (Å²) in [6.07, 6.45) is 5.94. The van der Waals surface area contributed by atoms with Crippen LogP contribution >= 0.6 is 11.3 Å². The summed E-state index contributed by atoms with van der Waals surface area (Å²) in [5.41, 5.74) is 1.07. The van der Waals surface area contributed by atoms with E-state index in [-0.39, 0.29) is 18.6 Å². The molecule has 0 saturated carbocycles. The van der Waals surface area contributed by atoms with Crippen molar-refractivity contribution in [2.24, 2.45) is 5.92 Å². The summed E-state index contributed by atoms with van der Waals surface area (Å²) in [4.78, 5) is 8.22. The van der Waals surface area contributed by atoms with Crippen LogP contribution in [0, 0.1) is 11.7 Å². The van der Waals surface area contributed by atoms with Crippen LogP contribution in [0.4, 0.5) is 10.3 Å². The van der Waals surface area contributed by atoms with Gasteiger partial charge in [0.1, 0.15) is 5.69 Å². The highest BCUT2D eigenvalue weighted by Crippen LogP contribution is 2.25. The highest BCUT2D eigenvalue weighted by atomic mass is 32.1. The number of aromatic nitrogens is 2. The third kappa shape index (κ3) is 2.71. The fraction of sp³-hybridized carbons (Fsp3) is 0.286. The van der Waals surface area contributed by atoms with Crippen LogP contribution in [0.3, 0.4) is 0 Å². The summed E-state index contributed by atoms with van der Waals surface area (Å²) in [5, 5.41) is 16.0. The van der Waals surface area contributed by atoms with Gasteiger partial charge in [0, 0.05) is 29.5 Å². The summed E-state index contributed by atoms with van der Waals surface area (Å²) in [6, 6.07) is 1.91. The van der Waals surface area contributed by atoms with Crippen molar-refractivity contribution in [2.75, 3.05) is 11.9 Å². The van der Waals surface area contributed by atoms with Crippen LogP contribution in [0.25, 0.3) is 11.3 Å². The zero-order valence-corrected chi connectivity index (χ0v) is 11.5. The third-order valence-corrected chi connectivity index (χ3v) is 3.94. The topological polar surface area (TPSA) is 58.0 Å². The number of hydrogen-bond acceptors (Lipinski definition) is 5. The van der Waals surface area contributed by atoms with Crippen molar-refractivity contribution < 1.29 is 9.50 Å². The third-order valence-electron chi connectivity index (χ3n) is 3.26. The molecule has 6 heteroatoms. The predicted octanol–water partition coefficient (Wildman–Crippen LogP) is 2.69. The molecule has 4 nitrogen and oxygen atoms in total. The van der Waals surface area contributed by atoms with Crippen LogP contribution in [0.5, 0.6) is 0 Å². The minimum absolute atomic E-state index is 0.0768. The van der Waals surface area contributed by atoms with Gasteiger partial charge in [0.15, 0.2) is 5.82 Å². The lowest BCUT2D eigenvalue weighted by Gasteiger charge is -2.13. The average Bonchev–Trinajstić information content (AvgIpc) is 3.12. The molecule has 0 fully saturated rings. The first kappa shape index (κ1) is 13.2. The van der Waals surface area contributed by atoms with Crippen molar-refractivity contribution in [3.05, 3.63) is 41.0 Å². The maximum Gasteiger partial charge on any atom is 0.223 e. The van der Waals surface area contributed by atoms with E-state index in [0.717, 1.165) is 12.0 Å². The van der Waals surface area contributed by atoms with Gasteiger partial charge in [0.05, 0.1) is 6.20 Å². The predicted molar refractivity (Wildman–Crippen MR) is 77.0 cm³/mol. The van der Waals surface area contributed by atoms with Gasteiger partial charge in [-0.2, -0.15) is 11.3 Å². The second-order valence-corrected chi connectivity index (χ2v) is 5.50. The van der Waals surface area contributed by atoms with Gasteiger partial charge in [-0.25, -0.2) is 14.4 Å². The van der Waals surface area contributed by atoms with E-state index in [0.29, 0.717) is 11.6 Å². The molecule has 2 N–H and O–H groups in total. The lowest BCUT2D eigenvalue weighted by molar-refractivity contribution is 0.250. The Kier molecular flexibility index (Phi) is 3.75. The molecule has 0 bridgehead atoms. The fourth-order valence-electron chi connectivity index (χ4n) is 2.22. The Morgan fingerprint density at radius 3 is 3.05 bits per heavy atom. The molecular formula is C14H14FN3OS. The van der Waals surface area contributed by atoms with Gasteiger partial charge in [0.25, 0.3) is 0 Å². The lowest BCUT2D eigenvalue weighted by atomic mass is 10.1. The summed E-state index contributed by atoms with van der Waals surface area (Å²) in [5.74, 6) is 0.147. The second kappa shape index (κ2) is 5.68. The zero-order valence-electron chi connectivity index (χ0n) is 10.7. The van der Waals surface area contributed by atoms with Crippen molar-refractivity contribution in [3.63, 3.8) is 0 Å². The summed E-state index contributed by atoms with van der Waals surface area (Å²) >= 11 is 1.50. The fourth-order valence-corrected chi connectivity index (χ4v) is 2.86. The lowest BCUT2D eigenvalue weighted by Crippen LogP contribution is -2.18. The van der Waals surface area contributed by atoms with E-state index in [4.69, 9.17) is 5.11 Å². The van der Waals surface area contributed by atoms with Gasteiger partial charge in [0.2, 0.25) is 5.95 Å². The van der Waals surface area contributed by atoms with Crippen LogP contribution in [0.1, 0.15) is 6.42 Å². The number of anilines is 1. The molecule has 0 amide bonds. The Balaban J connectivity index is 1.78. The number of nitrogens with one attached hydrogen (secondary N) is 1. The van der Waals surface area contributed by atoms with Gasteiger partial charge in [-0.15, -0.1) is 0 Å². The van der Waals surface area contributed by atoms with E-state index < -0.39 is 5.82 Å². The first-order chi connectivity index (χ1) is 9.76. The normalized spacial score (nSPS) is 21.3. The number of aliphatic hydroxyl groups is 1. The van der Waals surface area contributed by atoms with Crippen molar-refractivity contribution in [1.82, 2.24) is 9.97 Å². The molecule has 2 heterocycles. The summed E-state index contributed by atoms with van der Waals surface area (Å²) in [6.45, 7) is 0.138. The molecule has 0 radical (unpaired) electrons. The molecule has 104 valence electrons. The quantitative estimate of drug-likeness (QED) is 0.850. The van der Waals surface area contributed by atoms with Crippen molar-refractivity contribution in [2.45, 2.75) is 12.5 Å². The first-order valence-corrected chi connectivity index (χ1v) is 7.31. The largest absolute Gasteiger partial charge is 0.396 e. The molecule has 0 unspecified atom stereocenters. The van der Waals surface area contributed by atoms with Gasteiger partial charge in [-0.1, -0.05) is 12.2 Å². The van der Waals surface area contributed by atoms with E-state index in [1.807, 2.05) is 29.0 Å². The molecule has 0 aromatic carbocycles. The number of nitrogens with zero attached hydrogens (tertiary/aromatic N) is 2. The number of thiophene rings is 1. The molecule has 0 spiro atoms. The minimum atomic E-state index is -0.427. The molecule has 20 heavy (non-hydrogen) atoms. The standard InChI is InChI=1S/C14H14FN3OS/c15-12-6-16-14(17-11-2-1-9(5-11)7-19)18-13(12)10-3-4-20-8-10/h1-4,6,8-9,11,19H,5,7H2,(H,16,17,18)/t9-,11+/m0/s1. The van der Waals surface area contributed by atoms with Crippen LogP contribution in [0.15, 0.2) is 35.2 Å². The molecule has 2 aromatic rings. The van der Waals surface area contributed by atoms with Crippen LogP contribution in [-0.4, -0.2) is 27.7 Å². The maximum absolute atomic E-state index is 13.8. The number of hydrogen-bond donors (Lipinski definition) is 2. The SMILES string of the molecule is OC[C@H]1C=C[C@@H](Nc2ncc(F)c(-c3ccsc3)n2)C1. The van der Waals surface area contributed by atoms with Crippen LogP contribution in [-0.2, 0) is 0 Å². The Morgan fingerprint density at radius 1 is 1.45 bits per heavy atom. The number of halogens is 1. The van der Waals surface area contributed by atoms with E-state index in [9.17, 15) is 4.39 Å². The molecule has 3 rings (SSSR count). The number of rotatable bonds is 4. The molecule has 1 aliphatic rings. The maximum atomic E-state index is 13.8. The Bertz CT molecular complexity index is 615. The highest BCUT2D eigenvalue weighted by molar-refractivity contribution is 7.08. The van der Waals surface area contributed by atoms with Gasteiger partial charge in [-0.05, 0) is 17.9 Å². The Labute approximate surface area is 120 Å². The average molecular weight is 291 g/mol. The molecule has 0 aliphatic heterocycles. The van der Waals surface area contributed by atoms with Gasteiger partial charge >= 0.3 is 0 Å². The van der Waals surface area contributed by atoms with Crippen molar-refractivity contribution >= 4 is 17.3 Å². The van der Waals surface area contributed by atoms with Crippen molar-refractivity contribution in [1.29, 1.82) is 0 Å². The van der Waals surface area contributed by atoms with Crippen molar-refractivity contribution in [3.8, 4) is 11.3 Å². The zero-order chi connectivity index (χ0) is 13.9. The smallest absolute Gasteiger partial charge is 0.223 e. The summed E-state index contributed by atoms with van der Waals surface area (Å²) in [7, 11) is 0. The summed E-state index contributed by atoms with van der Waals surface area (Å²) < 4.78 is 13.8. The Hall–Kier alpha value is -1.79. The first-order valence-electron chi connectivity index (χ1n) is 6.37. The molecule has 0 saturated heterocycles. The number of aliphatic hydroxyl groups excluding tert-OH is 1. The minimum Gasteiger partial charge on any atom is -0.396 e. The van der Waals surface area contributed by atoms with E-state index >= 15 is 0 Å². The van der Waals surface area contributed by atoms with Gasteiger partial charge < -0.3 is 10.4 Å². The van der Waals surface area contributed by atoms with E-state index in [1.165, 1.54) is 17.5 Å². The van der Waals surface area contributed by atoms with Crippen LogP contribution in [0.2, 0.25) is 0 Å².